The maximum Gasteiger partial charge on any atom is 0.175 e. The Hall–Kier alpha value is -1.11. The van der Waals surface area contributed by atoms with Gasteiger partial charge >= 0.3 is 0 Å². The lowest BCUT2D eigenvalue weighted by atomic mass is 10.2. The van der Waals surface area contributed by atoms with Gasteiger partial charge in [0, 0.05) is 16.7 Å². The van der Waals surface area contributed by atoms with Gasteiger partial charge in [0.1, 0.15) is 16.5 Å². The topological polar surface area (TPSA) is 59.9 Å². The Bertz CT molecular complexity index is 731. The highest BCUT2D eigenvalue weighted by atomic mass is 35.5. The lowest BCUT2D eigenvalue weighted by Crippen LogP contribution is -1.97. The number of aromatic nitrogens is 2. The molecule has 7 heteroatoms. The zero-order valence-corrected chi connectivity index (χ0v) is 14.1. The Morgan fingerprint density at radius 2 is 1.86 bits per heavy atom. The van der Waals surface area contributed by atoms with Gasteiger partial charge in [-0.15, -0.1) is 0 Å². The van der Waals surface area contributed by atoms with Crippen molar-refractivity contribution in [2.75, 3.05) is 6.26 Å². The third-order valence-electron chi connectivity index (χ3n) is 2.82. The number of rotatable bonds is 5. The van der Waals surface area contributed by atoms with Gasteiger partial charge in [-0.3, -0.25) is 0 Å². The maximum atomic E-state index is 11.4. The molecule has 2 aromatic rings. The monoisotopic (exact) mass is 342 g/mol. The molecule has 0 bridgehead atoms. The van der Waals surface area contributed by atoms with Crippen LogP contribution >= 0.6 is 23.4 Å². The number of hydrogen-bond acceptors (Lipinski definition) is 5. The highest BCUT2D eigenvalue weighted by Crippen LogP contribution is 2.32. The Kier molecular flexibility index (Phi) is 5.24. The molecule has 0 N–H and O–H groups in total. The zero-order chi connectivity index (χ0) is 15.5. The van der Waals surface area contributed by atoms with Crippen molar-refractivity contribution in [3.05, 3.63) is 41.3 Å². The van der Waals surface area contributed by atoms with Crippen LogP contribution in [0.2, 0.25) is 5.15 Å². The van der Waals surface area contributed by atoms with Crippen LogP contribution in [-0.2, 0) is 16.3 Å². The van der Waals surface area contributed by atoms with E-state index in [-0.39, 0.29) is 0 Å². The SMILES string of the molecule is CCCc1c(Cl)ncnc1Sc1ccc(S(C)(=O)=O)cc1. The van der Waals surface area contributed by atoms with E-state index in [9.17, 15) is 8.42 Å². The van der Waals surface area contributed by atoms with Crippen molar-refractivity contribution >= 4 is 33.2 Å². The molecule has 0 saturated heterocycles. The first-order valence-corrected chi connectivity index (χ1v) is 9.47. The van der Waals surface area contributed by atoms with Gasteiger partial charge in [0.05, 0.1) is 4.90 Å². The standard InChI is InChI=1S/C14H15ClN2O2S2/c1-3-4-12-13(15)16-9-17-14(12)20-10-5-7-11(8-6-10)21(2,18)19/h5-9H,3-4H2,1-2H3. The van der Waals surface area contributed by atoms with Gasteiger partial charge in [0.25, 0.3) is 0 Å². The number of nitrogens with zero attached hydrogens (tertiary/aromatic N) is 2. The number of sulfone groups is 1. The zero-order valence-electron chi connectivity index (χ0n) is 11.7. The maximum absolute atomic E-state index is 11.4. The fraction of sp³-hybridized carbons (Fsp3) is 0.286. The van der Waals surface area contributed by atoms with Gasteiger partial charge in [0.2, 0.25) is 0 Å². The smallest absolute Gasteiger partial charge is 0.175 e. The largest absolute Gasteiger partial charge is 0.229 e. The first-order chi connectivity index (χ1) is 9.91. The van der Waals surface area contributed by atoms with E-state index in [4.69, 9.17) is 11.6 Å². The second-order valence-corrected chi connectivity index (χ2v) is 7.98. The predicted molar refractivity (Wildman–Crippen MR) is 84.7 cm³/mol. The molecule has 0 fully saturated rings. The van der Waals surface area contributed by atoms with E-state index in [0.29, 0.717) is 10.0 Å². The van der Waals surface area contributed by atoms with Gasteiger partial charge in [-0.1, -0.05) is 36.7 Å². The van der Waals surface area contributed by atoms with Crippen molar-refractivity contribution in [3.8, 4) is 0 Å². The van der Waals surface area contributed by atoms with Crippen LogP contribution in [0.5, 0.6) is 0 Å². The molecule has 0 aliphatic rings. The van der Waals surface area contributed by atoms with Gasteiger partial charge in [-0.2, -0.15) is 0 Å². The Morgan fingerprint density at radius 3 is 2.43 bits per heavy atom. The Morgan fingerprint density at radius 1 is 1.19 bits per heavy atom. The third-order valence-corrected chi connectivity index (χ3v) is 5.33. The second kappa shape index (κ2) is 6.77. The van der Waals surface area contributed by atoms with Crippen molar-refractivity contribution in [2.45, 2.75) is 34.6 Å². The molecule has 0 unspecified atom stereocenters. The molecule has 0 saturated carbocycles. The van der Waals surface area contributed by atoms with E-state index < -0.39 is 9.84 Å². The lowest BCUT2D eigenvalue weighted by Gasteiger charge is -2.08. The summed E-state index contributed by atoms with van der Waals surface area (Å²) in [6.07, 6.45) is 4.39. The molecular weight excluding hydrogens is 328 g/mol. The minimum atomic E-state index is -3.17. The molecule has 4 nitrogen and oxygen atoms in total. The van der Waals surface area contributed by atoms with E-state index in [1.54, 1.807) is 24.3 Å². The predicted octanol–water partition coefficient (Wildman–Crippen LogP) is 3.64. The minimum absolute atomic E-state index is 0.307. The molecule has 0 radical (unpaired) electrons. The van der Waals surface area contributed by atoms with Crippen LogP contribution in [-0.4, -0.2) is 24.6 Å². The van der Waals surface area contributed by atoms with Crippen LogP contribution in [0, 0.1) is 0 Å². The highest BCUT2D eigenvalue weighted by Gasteiger charge is 2.12. The van der Waals surface area contributed by atoms with Crippen LogP contribution in [0.25, 0.3) is 0 Å². The van der Waals surface area contributed by atoms with Gasteiger partial charge in [-0.25, -0.2) is 18.4 Å². The van der Waals surface area contributed by atoms with Gasteiger partial charge < -0.3 is 0 Å². The highest BCUT2D eigenvalue weighted by molar-refractivity contribution is 7.99. The summed E-state index contributed by atoms with van der Waals surface area (Å²) in [5.74, 6) is 0. The lowest BCUT2D eigenvalue weighted by molar-refractivity contribution is 0.602. The number of hydrogen-bond donors (Lipinski definition) is 0. The van der Waals surface area contributed by atoms with Crippen LogP contribution in [0.15, 0.2) is 45.4 Å². The van der Waals surface area contributed by atoms with Crippen molar-refractivity contribution in [1.82, 2.24) is 9.97 Å². The molecule has 112 valence electrons. The van der Waals surface area contributed by atoms with E-state index in [0.717, 1.165) is 28.3 Å². The van der Waals surface area contributed by atoms with E-state index >= 15 is 0 Å². The molecule has 1 aromatic carbocycles. The summed E-state index contributed by atoms with van der Waals surface area (Å²) >= 11 is 7.57. The summed E-state index contributed by atoms with van der Waals surface area (Å²) in [6, 6.07) is 6.74. The first kappa shape index (κ1) is 16.3. The van der Waals surface area contributed by atoms with Crippen molar-refractivity contribution in [3.63, 3.8) is 0 Å². The molecule has 0 atom stereocenters. The molecule has 1 heterocycles. The summed E-state index contributed by atoms with van der Waals surface area (Å²) in [6.45, 7) is 2.07. The fourth-order valence-corrected chi connectivity index (χ4v) is 3.62. The molecule has 21 heavy (non-hydrogen) atoms. The summed E-state index contributed by atoms with van der Waals surface area (Å²) < 4.78 is 22.9. The minimum Gasteiger partial charge on any atom is -0.229 e. The molecule has 1 aromatic heterocycles. The Labute approximate surface area is 133 Å². The van der Waals surface area contributed by atoms with Crippen LogP contribution in [0.1, 0.15) is 18.9 Å². The van der Waals surface area contributed by atoms with Crippen molar-refractivity contribution < 1.29 is 8.42 Å². The average Bonchev–Trinajstić information content (AvgIpc) is 2.42. The molecule has 2 rings (SSSR count). The fourth-order valence-electron chi connectivity index (χ4n) is 1.79. The van der Waals surface area contributed by atoms with E-state index in [1.807, 2.05) is 0 Å². The van der Waals surface area contributed by atoms with Crippen LogP contribution in [0.4, 0.5) is 0 Å². The van der Waals surface area contributed by atoms with Gasteiger partial charge in [-0.05, 0) is 30.7 Å². The molecule has 0 aliphatic carbocycles. The summed E-state index contributed by atoms with van der Waals surface area (Å²) in [5.41, 5.74) is 0.929. The third kappa shape index (κ3) is 4.18. The average molecular weight is 343 g/mol. The summed E-state index contributed by atoms with van der Waals surface area (Å²) in [4.78, 5) is 9.50. The summed E-state index contributed by atoms with van der Waals surface area (Å²) in [7, 11) is -3.17. The normalized spacial score (nSPS) is 11.6. The van der Waals surface area contributed by atoms with Crippen molar-refractivity contribution in [1.29, 1.82) is 0 Å². The summed E-state index contributed by atoms with van der Waals surface area (Å²) in [5, 5.41) is 1.28. The second-order valence-electron chi connectivity index (χ2n) is 4.54. The number of benzene rings is 1. The van der Waals surface area contributed by atoms with Crippen LogP contribution < -0.4 is 0 Å². The van der Waals surface area contributed by atoms with E-state index in [2.05, 4.69) is 16.9 Å². The number of halogens is 1. The van der Waals surface area contributed by atoms with E-state index in [1.165, 1.54) is 24.3 Å². The Balaban J connectivity index is 2.28. The van der Waals surface area contributed by atoms with Crippen molar-refractivity contribution in [2.24, 2.45) is 0 Å². The molecule has 0 amide bonds. The van der Waals surface area contributed by atoms with Gasteiger partial charge in [0.15, 0.2) is 9.84 Å². The first-order valence-electron chi connectivity index (χ1n) is 6.39. The quantitative estimate of drug-likeness (QED) is 0.776. The molecular formula is C14H15ClN2O2S2. The molecule has 0 spiro atoms. The van der Waals surface area contributed by atoms with Crippen LogP contribution in [0.3, 0.4) is 0 Å². The molecule has 0 aliphatic heterocycles.